The Hall–Kier alpha value is -3.60. The van der Waals surface area contributed by atoms with Crippen molar-refractivity contribution >= 4 is 50.2 Å². The normalized spacial score (nSPS) is 17.5. The average Bonchev–Trinajstić information content (AvgIpc) is 3.72. The summed E-state index contributed by atoms with van der Waals surface area (Å²) in [5, 5.41) is 0.779. The SMILES string of the molecule is C[N+](CCOCCOCCOc1ccc(CCCOC(=O)CCCCC2CCSS2)cc1)=C1C=CC(=C2c3ccccc3[NH+](C)c3ccccc32)C=C1. The predicted octanol–water partition coefficient (Wildman–Crippen LogP) is 7.79. The Morgan fingerprint density at radius 1 is 0.792 bits per heavy atom. The zero-order chi connectivity index (χ0) is 36.7. The molecule has 0 spiro atoms. The fourth-order valence-electron chi connectivity index (χ4n) is 6.90. The number of hydrogen-bond donors (Lipinski definition) is 1. The molecule has 0 aromatic heterocycles. The maximum Gasteiger partial charge on any atom is 0.305 e. The first-order valence-corrected chi connectivity index (χ1v) is 21.5. The Morgan fingerprint density at radius 3 is 2.17 bits per heavy atom. The molecule has 0 bridgehead atoms. The Bertz CT molecular complexity index is 1710. The first-order valence-electron chi connectivity index (χ1n) is 19.1. The second-order valence-electron chi connectivity index (χ2n) is 13.7. The molecule has 2 heterocycles. The number of likely N-dealkylation sites (N-methyl/N-ethyl adjacent to an activating group) is 1. The van der Waals surface area contributed by atoms with E-state index < -0.39 is 0 Å². The van der Waals surface area contributed by atoms with Gasteiger partial charge in [0.25, 0.3) is 0 Å². The standard InChI is InChI=1S/C44H53N2O5S2/c1-45(36-21-19-35(20-22-36)44-39-12-4-6-14-41(39)46(2)42-15-7-5-13-40(42)44)26-28-48-29-30-49-31-32-50-37-23-17-34(18-24-37)10-9-27-51-43(47)16-8-3-11-38-25-33-52-53-38/h4-7,12-15,17-24,38H,3,8-11,16,25-33H2,1-2H3/q+1/p+1. The topological polar surface area (TPSA) is 61.4 Å². The van der Waals surface area contributed by atoms with Gasteiger partial charge in [-0.3, -0.25) is 9.69 Å². The number of quaternary nitrogens is 1. The minimum atomic E-state index is -0.0668. The highest BCUT2D eigenvalue weighted by molar-refractivity contribution is 8.77. The summed E-state index contributed by atoms with van der Waals surface area (Å²) in [5.74, 6) is 2.03. The van der Waals surface area contributed by atoms with Gasteiger partial charge in [-0.05, 0) is 79.7 Å². The van der Waals surface area contributed by atoms with Crippen LogP contribution in [0.25, 0.3) is 5.57 Å². The molecule has 0 amide bonds. The number of unbranched alkanes of at least 4 members (excludes halogenated alkanes) is 1. The maximum absolute atomic E-state index is 12.0. The molecule has 1 N–H and O–H groups in total. The third-order valence-corrected chi connectivity index (χ3v) is 12.9. The zero-order valence-electron chi connectivity index (χ0n) is 31.2. The number of nitrogens with zero attached hydrogens (tertiary/aromatic N) is 1. The van der Waals surface area contributed by atoms with Crippen LogP contribution in [0.15, 0.2) is 103 Å². The van der Waals surface area contributed by atoms with Gasteiger partial charge in [-0.2, -0.15) is 0 Å². The van der Waals surface area contributed by atoms with Gasteiger partial charge in [0.15, 0.2) is 12.3 Å². The van der Waals surface area contributed by atoms with E-state index in [0.29, 0.717) is 46.1 Å². The summed E-state index contributed by atoms with van der Waals surface area (Å²) in [6, 6.07) is 25.6. The van der Waals surface area contributed by atoms with E-state index in [1.165, 1.54) is 62.7 Å². The van der Waals surface area contributed by atoms with Crippen molar-refractivity contribution in [3.63, 3.8) is 0 Å². The van der Waals surface area contributed by atoms with Gasteiger partial charge >= 0.3 is 5.97 Å². The van der Waals surface area contributed by atoms with Crippen LogP contribution in [-0.4, -0.2) is 87.5 Å². The third kappa shape index (κ3) is 11.4. The lowest BCUT2D eigenvalue weighted by molar-refractivity contribution is -0.736. The molecule has 1 atom stereocenters. The molecular weight excluding hydrogens is 701 g/mol. The number of benzene rings is 3. The molecule has 1 fully saturated rings. The smallest absolute Gasteiger partial charge is 0.305 e. The van der Waals surface area contributed by atoms with Crippen molar-refractivity contribution in [2.24, 2.45) is 0 Å². The molecule has 3 aromatic carbocycles. The van der Waals surface area contributed by atoms with Crippen LogP contribution in [0, 0.1) is 0 Å². The van der Waals surface area contributed by atoms with E-state index in [-0.39, 0.29) is 5.97 Å². The van der Waals surface area contributed by atoms with Crippen molar-refractivity contribution < 1.29 is 33.2 Å². The Balaban J connectivity index is 0.812. The summed E-state index contributed by atoms with van der Waals surface area (Å²) < 4.78 is 25.1. The Morgan fingerprint density at radius 2 is 1.47 bits per heavy atom. The second-order valence-corrected chi connectivity index (χ2v) is 16.5. The van der Waals surface area contributed by atoms with Crippen LogP contribution < -0.4 is 9.64 Å². The van der Waals surface area contributed by atoms with Crippen LogP contribution in [0.3, 0.4) is 0 Å². The summed E-state index contributed by atoms with van der Waals surface area (Å²) in [6.45, 7) is 3.96. The number of carbonyl (C=O) groups is 1. The number of ether oxygens (including phenoxy) is 4. The number of para-hydroxylation sites is 2. The fraction of sp³-hybridized carbons (Fsp3) is 0.409. The molecule has 0 saturated carbocycles. The maximum atomic E-state index is 12.0. The van der Waals surface area contributed by atoms with Gasteiger partial charge in [0.05, 0.1) is 33.5 Å². The molecule has 6 rings (SSSR count). The van der Waals surface area contributed by atoms with Crippen molar-refractivity contribution in [1.29, 1.82) is 0 Å². The molecule has 280 valence electrons. The second kappa shape index (κ2) is 20.7. The van der Waals surface area contributed by atoms with E-state index in [1.54, 1.807) is 0 Å². The first-order chi connectivity index (χ1) is 26.1. The van der Waals surface area contributed by atoms with Crippen molar-refractivity contribution in [1.82, 2.24) is 0 Å². The summed E-state index contributed by atoms with van der Waals surface area (Å²) >= 11 is 0. The van der Waals surface area contributed by atoms with Crippen molar-refractivity contribution in [3.8, 4) is 5.75 Å². The molecular formula is C44H54N2O5S2+2. The molecule has 1 saturated heterocycles. The summed E-state index contributed by atoms with van der Waals surface area (Å²) in [6.07, 6.45) is 15.7. The molecule has 53 heavy (non-hydrogen) atoms. The van der Waals surface area contributed by atoms with Gasteiger partial charge in [-0.25, -0.2) is 4.58 Å². The number of rotatable bonds is 19. The van der Waals surface area contributed by atoms with Crippen molar-refractivity contribution in [2.75, 3.05) is 66.0 Å². The van der Waals surface area contributed by atoms with Crippen LogP contribution >= 0.6 is 21.6 Å². The molecule has 3 aromatic rings. The first kappa shape index (κ1) is 39.1. The lowest BCUT2D eigenvalue weighted by atomic mass is 9.86. The number of hydrogen-bond acceptors (Lipinski definition) is 7. The molecule has 2 aliphatic heterocycles. The summed E-state index contributed by atoms with van der Waals surface area (Å²) in [7, 11) is 8.31. The predicted molar refractivity (Wildman–Crippen MR) is 219 cm³/mol. The van der Waals surface area contributed by atoms with Gasteiger partial charge in [0.2, 0.25) is 0 Å². The molecule has 9 heteroatoms. The van der Waals surface area contributed by atoms with Gasteiger partial charge < -0.3 is 18.9 Å². The number of nitrogens with one attached hydrogen (secondary N) is 1. The van der Waals surface area contributed by atoms with E-state index >= 15 is 0 Å². The minimum Gasteiger partial charge on any atom is -0.491 e. The summed E-state index contributed by atoms with van der Waals surface area (Å²) in [4.78, 5) is 13.3. The largest absolute Gasteiger partial charge is 0.491 e. The Labute approximate surface area is 323 Å². The van der Waals surface area contributed by atoms with E-state index in [9.17, 15) is 4.79 Å². The van der Waals surface area contributed by atoms with E-state index in [4.69, 9.17) is 18.9 Å². The summed E-state index contributed by atoms with van der Waals surface area (Å²) in [5.41, 5.74) is 10.1. The number of aryl methyl sites for hydroxylation is 1. The fourth-order valence-corrected chi connectivity index (χ4v) is 9.93. The van der Waals surface area contributed by atoms with Crippen molar-refractivity contribution in [3.05, 3.63) is 119 Å². The highest BCUT2D eigenvalue weighted by atomic mass is 33.1. The lowest BCUT2D eigenvalue weighted by Crippen LogP contribution is -2.99. The molecule has 0 radical (unpaired) electrons. The van der Waals surface area contributed by atoms with Crippen LogP contribution in [0.5, 0.6) is 5.75 Å². The lowest BCUT2D eigenvalue weighted by Gasteiger charge is -2.27. The molecule has 1 unspecified atom stereocenters. The van der Waals surface area contributed by atoms with Crippen LogP contribution in [0.1, 0.15) is 55.2 Å². The Kier molecular flexibility index (Phi) is 15.3. The zero-order valence-corrected chi connectivity index (χ0v) is 32.9. The minimum absolute atomic E-state index is 0.0668. The number of esters is 1. The van der Waals surface area contributed by atoms with Gasteiger partial charge in [-0.1, -0.05) is 64.4 Å². The number of carbonyl (C=O) groups excluding carboxylic acids is 1. The van der Waals surface area contributed by atoms with Gasteiger partial charge in [-0.15, -0.1) is 0 Å². The van der Waals surface area contributed by atoms with Gasteiger partial charge in [0.1, 0.15) is 37.4 Å². The third-order valence-electron chi connectivity index (χ3n) is 9.92. The molecule has 7 nitrogen and oxygen atoms in total. The van der Waals surface area contributed by atoms with Crippen LogP contribution in [-0.2, 0) is 25.4 Å². The van der Waals surface area contributed by atoms with E-state index in [2.05, 4.69) is 104 Å². The monoisotopic (exact) mass is 754 g/mol. The van der Waals surface area contributed by atoms with E-state index in [0.717, 1.165) is 48.9 Å². The molecule has 1 aliphatic carbocycles. The van der Waals surface area contributed by atoms with Crippen LogP contribution in [0.2, 0.25) is 0 Å². The quantitative estimate of drug-likeness (QED) is 0.0581. The van der Waals surface area contributed by atoms with Gasteiger partial charge in [0, 0.05) is 58.4 Å². The molecule has 3 aliphatic rings. The highest BCUT2D eigenvalue weighted by Crippen LogP contribution is 2.40. The number of allylic oxidation sites excluding steroid dienone is 5. The highest BCUT2D eigenvalue weighted by Gasteiger charge is 2.30. The van der Waals surface area contributed by atoms with Crippen LogP contribution in [0.4, 0.5) is 11.4 Å². The average molecular weight is 755 g/mol. The van der Waals surface area contributed by atoms with Crippen molar-refractivity contribution in [2.45, 2.75) is 50.2 Å². The van der Waals surface area contributed by atoms with E-state index in [1.807, 2.05) is 33.7 Å². The number of fused-ring (bicyclic) bond motifs is 2.